The topological polar surface area (TPSA) is 64.3 Å². The summed E-state index contributed by atoms with van der Waals surface area (Å²) in [6.07, 6.45) is 2.55. The summed E-state index contributed by atoms with van der Waals surface area (Å²) >= 11 is 1.62. The maximum absolute atomic E-state index is 11.4. The number of thioether (sulfide) groups is 1. The van der Waals surface area contributed by atoms with Gasteiger partial charge < -0.3 is 10.0 Å². The highest BCUT2D eigenvalue weighted by Gasteiger charge is 2.30. The largest absolute Gasteiger partial charge is 0.480 e. The van der Waals surface area contributed by atoms with Crippen LogP contribution in [0, 0.1) is 11.3 Å². The van der Waals surface area contributed by atoms with Crippen molar-refractivity contribution in [2.75, 3.05) is 17.2 Å². The summed E-state index contributed by atoms with van der Waals surface area (Å²) in [7, 11) is 0. The normalized spacial score (nSPS) is 18.6. The quantitative estimate of drug-likeness (QED) is 0.863. The van der Waals surface area contributed by atoms with Crippen LogP contribution in [0.2, 0.25) is 0 Å². The third kappa shape index (κ3) is 2.91. The molecule has 0 radical (unpaired) electrons. The molecule has 1 aromatic carbocycles. The van der Waals surface area contributed by atoms with Gasteiger partial charge in [0.15, 0.2) is 0 Å². The number of hydrogen-bond donors (Lipinski definition) is 1. The summed E-state index contributed by atoms with van der Waals surface area (Å²) in [5, 5.41) is 18.8. The first kappa shape index (κ1) is 14.7. The van der Waals surface area contributed by atoms with E-state index in [2.05, 4.69) is 6.07 Å². The number of nitriles is 1. The van der Waals surface area contributed by atoms with E-state index in [1.54, 1.807) is 11.8 Å². The number of carboxylic acid groups (broad SMARTS) is 1. The van der Waals surface area contributed by atoms with Crippen molar-refractivity contribution < 1.29 is 9.90 Å². The van der Waals surface area contributed by atoms with E-state index < -0.39 is 12.0 Å². The van der Waals surface area contributed by atoms with Crippen LogP contribution < -0.4 is 4.90 Å². The minimum absolute atomic E-state index is 0.516. The van der Waals surface area contributed by atoms with Crippen LogP contribution >= 0.6 is 11.8 Å². The molecule has 106 valence electrons. The second-order valence-electron chi connectivity index (χ2n) is 4.74. The van der Waals surface area contributed by atoms with Crippen LogP contribution in [0.3, 0.4) is 0 Å². The SMILES string of the molecule is CCSc1cccc(N2CCCCC2C(=O)O)c1C#N. The molecular weight excluding hydrogens is 272 g/mol. The number of nitrogens with zero attached hydrogens (tertiary/aromatic N) is 2. The van der Waals surface area contributed by atoms with Gasteiger partial charge in [-0.2, -0.15) is 5.26 Å². The van der Waals surface area contributed by atoms with Crippen LogP contribution in [0.25, 0.3) is 0 Å². The molecule has 0 spiro atoms. The standard InChI is InChI=1S/C15H18N2O2S/c1-2-20-14-8-5-7-12(11(14)10-16)17-9-4-3-6-13(17)15(18)19/h5,7-8,13H,2-4,6,9H2,1H3,(H,18,19). The number of rotatable bonds is 4. The zero-order valence-corrected chi connectivity index (χ0v) is 12.3. The molecule has 0 bridgehead atoms. The summed E-state index contributed by atoms with van der Waals surface area (Å²) in [4.78, 5) is 14.2. The Hall–Kier alpha value is -1.67. The molecule has 4 nitrogen and oxygen atoms in total. The maximum atomic E-state index is 11.4. The van der Waals surface area contributed by atoms with Crippen molar-refractivity contribution >= 4 is 23.4 Å². The average molecular weight is 290 g/mol. The zero-order chi connectivity index (χ0) is 14.5. The van der Waals surface area contributed by atoms with Crippen LogP contribution in [-0.2, 0) is 4.79 Å². The van der Waals surface area contributed by atoms with E-state index >= 15 is 0 Å². The summed E-state index contributed by atoms with van der Waals surface area (Å²) < 4.78 is 0. The van der Waals surface area contributed by atoms with Crippen LogP contribution in [0.4, 0.5) is 5.69 Å². The lowest BCUT2D eigenvalue weighted by molar-refractivity contribution is -0.139. The molecule has 1 atom stereocenters. The van der Waals surface area contributed by atoms with E-state index in [9.17, 15) is 15.2 Å². The molecule has 2 rings (SSSR count). The minimum atomic E-state index is -0.804. The smallest absolute Gasteiger partial charge is 0.326 e. The van der Waals surface area contributed by atoms with Crippen molar-refractivity contribution in [1.29, 1.82) is 5.26 Å². The lowest BCUT2D eigenvalue weighted by Crippen LogP contribution is -2.45. The number of anilines is 1. The number of carboxylic acids is 1. The first-order valence-corrected chi connectivity index (χ1v) is 7.83. The molecule has 1 unspecified atom stereocenters. The summed E-state index contributed by atoms with van der Waals surface area (Å²) in [6.45, 7) is 2.74. The summed E-state index contributed by atoms with van der Waals surface area (Å²) in [5.41, 5.74) is 1.37. The number of hydrogen-bond acceptors (Lipinski definition) is 4. The van der Waals surface area contributed by atoms with Crippen molar-refractivity contribution in [3.63, 3.8) is 0 Å². The Bertz CT molecular complexity index is 539. The maximum Gasteiger partial charge on any atom is 0.326 e. The van der Waals surface area contributed by atoms with Gasteiger partial charge in [0, 0.05) is 11.4 Å². The molecule has 5 heteroatoms. The molecule has 1 N–H and O–H groups in total. The van der Waals surface area contributed by atoms with Gasteiger partial charge in [-0.3, -0.25) is 0 Å². The Labute approximate surface area is 123 Å². The molecule has 0 aromatic heterocycles. The van der Waals surface area contributed by atoms with Gasteiger partial charge in [0.2, 0.25) is 0 Å². The molecule has 1 aliphatic heterocycles. The number of benzene rings is 1. The van der Waals surface area contributed by atoms with Crippen LogP contribution in [-0.4, -0.2) is 29.4 Å². The monoisotopic (exact) mass is 290 g/mol. The Morgan fingerprint density at radius 2 is 2.35 bits per heavy atom. The lowest BCUT2D eigenvalue weighted by atomic mass is 10.00. The molecule has 1 aliphatic rings. The molecule has 0 amide bonds. The van der Waals surface area contributed by atoms with Crippen LogP contribution in [0.5, 0.6) is 0 Å². The van der Waals surface area contributed by atoms with Gasteiger partial charge in [-0.15, -0.1) is 11.8 Å². The van der Waals surface area contributed by atoms with Gasteiger partial charge in [-0.1, -0.05) is 13.0 Å². The van der Waals surface area contributed by atoms with Crippen LogP contribution in [0.15, 0.2) is 23.1 Å². The van der Waals surface area contributed by atoms with Crippen molar-refractivity contribution in [2.24, 2.45) is 0 Å². The second kappa shape index (κ2) is 6.67. The van der Waals surface area contributed by atoms with Crippen molar-refractivity contribution in [3.8, 4) is 6.07 Å². The predicted molar refractivity (Wildman–Crippen MR) is 80.2 cm³/mol. The number of aliphatic carboxylic acids is 1. The van der Waals surface area contributed by atoms with E-state index in [4.69, 9.17) is 0 Å². The van der Waals surface area contributed by atoms with Gasteiger partial charge in [-0.25, -0.2) is 4.79 Å². The second-order valence-corrected chi connectivity index (χ2v) is 6.04. The molecule has 1 aromatic rings. The Balaban J connectivity index is 2.42. The Kier molecular flexibility index (Phi) is 4.91. The Morgan fingerprint density at radius 1 is 1.55 bits per heavy atom. The fraction of sp³-hybridized carbons (Fsp3) is 0.467. The highest BCUT2D eigenvalue weighted by molar-refractivity contribution is 7.99. The third-order valence-electron chi connectivity index (χ3n) is 3.51. The van der Waals surface area contributed by atoms with Gasteiger partial charge >= 0.3 is 5.97 Å². The predicted octanol–water partition coefficient (Wildman–Crippen LogP) is 3.11. The molecule has 1 heterocycles. The van der Waals surface area contributed by atoms with Crippen molar-refractivity contribution in [3.05, 3.63) is 23.8 Å². The first-order chi connectivity index (χ1) is 9.69. The summed E-state index contributed by atoms with van der Waals surface area (Å²) in [6, 6.07) is 7.43. The minimum Gasteiger partial charge on any atom is -0.480 e. The summed E-state index contributed by atoms with van der Waals surface area (Å²) in [5.74, 6) is 0.0858. The zero-order valence-electron chi connectivity index (χ0n) is 11.5. The molecule has 0 saturated carbocycles. The van der Waals surface area contributed by atoms with Gasteiger partial charge in [0.1, 0.15) is 12.1 Å². The molecule has 0 aliphatic carbocycles. The average Bonchev–Trinajstić information content (AvgIpc) is 2.47. The lowest BCUT2D eigenvalue weighted by Gasteiger charge is -2.35. The fourth-order valence-corrected chi connectivity index (χ4v) is 3.40. The van der Waals surface area contributed by atoms with E-state index in [1.165, 1.54) is 0 Å². The number of carbonyl (C=O) groups is 1. The molecule has 1 fully saturated rings. The number of piperidine rings is 1. The molecular formula is C15H18N2O2S. The van der Waals surface area contributed by atoms with Crippen LogP contribution in [0.1, 0.15) is 31.7 Å². The van der Waals surface area contributed by atoms with Gasteiger partial charge in [-0.05, 0) is 37.1 Å². The highest BCUT2D eigenvalue weighted by atomic mass is 32.2. The van der Waals surface area contributed by atoms with Crippen molar-refractivity contribution in [2.45, 2.75) is 37.1 Å². The Morgan fingerprint density at radius 3 is 3.00 bits per heavy atom. The van der Waals surface area contributed by atoms with Gasteiger partial charge in [0.05, 0.1) is 11.3 Å². The molecule has 20 heavy (non-hydrogen) atoms. The molecule has 1 saturated heterocycles. The highest BCUT2D eigenvalue weighted by Crippen LogP contribution is 2.33. The van der Waals surface area contributed by atoms with E-state index in [-0.39, 0.29) is 0 Å². The van der Waals surface area contributed by atoms with E-state index in [1.807, 2.05) is 30.0 Å². The van der Waals surface area contributed by atoms with E-state index in [0.717, 1.165) is 29.2 Å². The third-order valence-corrected chi connectivity index (χ3v) is 4.45. The fourth-order valence-electron chi connectivity index (χ4n) is 2.62. The first-order valence-electron chi connectivity index (χ1n) is 6.84. The van der Waals surface area contributed by atoms with Crippen molar-refractivity contribution in [1.82, 2.24) is 0 Å². The van der Waals surface area contributed by atoms with E-state index in [0.29, 0.717) is 18.5 Å². The van der Waals surface area contributed by atoms with Gasteiger partial charge in [0.25, 0.3) is 0 Å².